The molecule has 0 unspecified atom stereocenters. The van der Waals surface area contributed by atoms with Crippen molar-refractivity contribution < 1.29 is 33.7 Å². The number of aliphatic carboxylic acids is 1. The first kappa shape index (κ1) is 30.3. The van der Waals surface area contributed by atoms with E-state index in [0.717, 1.165) is 61.0 Å². The topological polar surface area (TPSA) is 140 Å². The molecule has 4 rings (SSSR count). The van der Waals surface area contributed by atoms with Crippen molar-refractivity contribution in [3.8, 4) is 11.6 Å². The second-order valence-electron chi connectivity index (χ2n) is 12.0. The van der Waals surface area contributed by atoms with E-state index < -0.39 is 29.6 Å². The van der Waals surface area contributed by atoms with Crippen LogP contribution >= 0.6 is 0 Å². The van der Waals surface area contributed by atoms with Crippen molar-refractivity contribution in [2.24, 2.45) is 11.3 Å². The van der Waals surface area contributed by atoms with Crippen LogP contribution in [-0.2, 0) is 20.7 Å². The van der Waals surface area contributed by atoms with Crippen LogP contribution in [0.1, 0.15) is 71.4 Å². The molecule has 2 aliphatic rings. The van der Waals surface area contributed by atoms with Crippen molar-refractivity contribution in [3.05, 3.63) is 23.9 Å². The number of alkyl carbamates (subject to hydrolysis) is 1. The molecule has 0 spiro atoms. The van der Waals surface area contributed by atoms with Gasteiger partial charge in [-0.3, -0.25) is 4.79 Å². The summed E-state index contributed by atoms with van der Waals surface area (Å²) in [5, 5.41) is 12.2. The van der Waals surface area contributed by atoms with Crippen LogP contribution in [0.3, 0.4) is 0 Å². The lowest BCUT2D eigenvalue weighted by Gasteiger charge is -2.34. The molecule has 2 N–H and O–H groups in total. The van der Waals surface area contributed by atoms with Crippen LogP contribution in [0.5, 0.6) is 11.6 Å². The standard InChI is InChI=1S/C30H42N4O7/c1-30(2,3)25(27(35)34-15-9-12-23(34)28(36)37)33-29(38)41-24-16-18(24)10-7-6-8-11-21-26(40-5)32-22-17-19(39-4)13-14-20(22)31-21/h13-14,17-18,23-25H,6-12,15-16H2,1-5H3,(H,33,38)(H,36,37)/t18-,23+,24-,25-/m1/s1. The van der Waals surface area contributed by atoms with E-state index in [0.29, 0.717) is 31.2 Å². The zero-order valence-corrected chi connectivity index (χ0v) is 24.6. The highest BCUT2D eigenvalue weighted by Gasteiger charge is 2.44. The highest BCUT2D eigenvalue weighted by molar-refractivity contribution is 5.90. The van der Waals surface area contributed by atoms with Gasteiger partial charge >= 0.3 is 12.1 Å². The van der Waals surface area contributed by atoms with Crippen LogP contribution in [-0.4, -0.2) is 76.9 Å². The van der Waals surface area contributed by atoms with Crippen molar-refractivity contribution in [1.29, 1.82) is 0 Å². The van der Waals surface area contributed by atoms with E-state index in [2.05, 4.69) is 10.3 Å². The van der Waals surface area contributed by atoms with Crippen LogP contribution in [0.25, 0.3) is 11.0 Å². The lowest BCUT2D eigenvalue weighted by molar-refractivity contribution is -0.150. The molecule has 1 aliphatic heterocycles. The summed E-state index contributed by atoms with van der Waals surface area (Å²) in [6, 6.07) is 3.88. The summed E-state index contributed by atoms with van der Waals surface area (Å²) < 4.78 is 16.4. The number of ether oxygens (including phenoxy) is 3. The van der Waals surface area contributed by atoms with Crippen LogP contribution in [0.4, 0.5) is 4.79 Å². The number of carbonyl (C=O) groups is 3. The fourth-order valence-corrected chi connectivity index (χ4v) is 5.44. The second-order valence-corrected chi connectivity index (χ2v) is 12.0. The van der Waals surface area contributed by atoms with Crippen LogP contribution < -0.4 is 14.8 Å². The summed E-state index contributed by atoms with van der Waals surface area (Å²) in [6.07, 6.45) is 5.72. The first-order valence-electron chi connectivity index (χ1n) is 14.4. The number of rotatable bonds is 12. The SMILES string of the molecule is COc1ccc2nc(CCCCC[C@@H]3C[C@H]3OC(=O)N[C@H](C(=O)N3CCC[C@H]3C(=O)O)C(C)(C)C)c(OC)nc2c1. The average molecular weight is 571 g/mol. The maximum atomic E-state index is 13.2. The number of hydrogen-bond acceptors (Lipinski definition) is 8. The van der Waals surface area contributed by atoms with E-state index in [1.807, 2.05) is 39.0 Å². The minimum absolute atomic E-state index is 0.160. The van der Waals surface area contributed by atoms with Crippen molar-refractivity contribution >= 4 is 29.0 Å². The molecule has 41 heavy (non-hydrogen) atoms. The molecular formula is C30H42N4O7. The molecule has 4 atom stereocenters. The van der Waals surface area contributed by atoms with Gasteiger partial charge in [0.05, 0.1) is 25.3 Å². The third kappa shape index (κ3) is 7.56. The number of carboxylic acids is 1. The summed E-state index contributed by atoms with van der Waals surface area (Å²) in [5.74, 6) is 0.170. The van der Waals surface area contributed by atoms with E-state index in [4.69, 9.17) is 19.2 Å². The number of hydrogen-bond donors (Lipinski definition) is 2. The van der Waals surface area contributed by atoms with Gasteiger partial charge in [-0.05, 0) is 62.0 Å². The number of benzene rings is 1. The first-order chi connectivity index (χ1) is 19.5. The minimum atomic E-state index is -1.02. The zero-order chi connectivity index (χ0) is 29.7. The molecule has 2 fully saturated rings. The Morgan fingerprint density at radius 1 is 1.10 bits per heavy atom. The Balaban J connectivity index is 1.20. The minimum Gasteiger partial charge on any atom is -0.497 e. The van der Waals surface area contributed by atoms with Crippen LogP contribution in [0.15, 0.2) is 18.2 Å². The molecule has 1 aromatic heterocycles. The van der Waals surface area contributed by atoms with Gasteiger partial charge in [-0.15, -0.1) is 0 Å². The number of unbranched alkanes of at least 4 members (excludes halogenated alkanes) is 2. The largest absolute Gasteiger partial charge is 0.497 e. The molecule has 224 valence electrons. The maximum Gasteiger partial charge on any atom is 0.408 e. The lowest BCUT2D eigenvalue weighted by atomic mass is 9.85. The monoisotopic (exact) mass is 570 g/mol. The summed E-state index contributed by atoms with van der Waals surface area (Å²) in [7, 11) is 3.22. The van der Waals surface area contributed by atoms with Gasteiger partial charge in [0.15, 0.2) is 0 Å². The molecule has 0 radical (unpaired) electrons. The molecular weight excluding hydrogens is 528 g/mol. The van der Waals surface area contributed by atoms with Gasteiger partial charge in [0.25, 0.3) is 0 Å². The van der Waals surface area contributed by atoms with E-state index in [-0.39, 0.29) is 12.0 Å². The Hall–Kier alpha value is -3.63. The number of aromatic nitrogens is 2. The molecule has 1 saturated carbocycles. The highest BCUT2D eigenvalue weighted by Crippen LogP contribution is 2.38. The van der Waals surface area contributed by atoms with Crippen LogP contribution in [0, 0.1) is 11.3 Å². The number of carboxylic acid groups (broad SMARTS) is 1. The summed E-state index contributed by atoms with van der Waals surface area (Å²) in [6.45, 7) is 5.91. The number of likely N-dealkylation sites (tertiary alicyclic amines) is 1. The summed E-state index contributed by atoms with van der Waals surface area (Å²) in [5.41, 5.74) is 1.76. The molecule has 2 amide bonds. The van der Waals surface area contributed by atoms with E-state index in [9.17, 15) is 19.5 Å². The number of methoxy groups -OCH3 is 2. The third-order valence-electron chi connectivity index (χ3n) is 7.90. The van der Waals surface area contributed by atoms with Crippen molar-refractivity contribution in [3.63, 3.8) is 0 Å². The molecule has 11 heteroatoms. The number of nitrogens with one attached hydrogen (secondary N) is 1. The second kappa shape index (κ2) is 12.9. The molecule has 1 aromatic carbocycles. The number of amides is 2. The van der Waals surface area contributed by atoms with Gasteiger partial charge < -0.3 is 29.5 Å². The van der Waals surface area contributed by atoms with Gasteiger partial charge in [-0.1, -0.05) is 33.6 Å². The van der Waals surface area contributed by atoms with E-state index in [1.165, 1.54) is 4.90 Å². The lowest BCUT2D eigenvalue weighted by Crippen LogP contribution is -2.56. The molecule has 2 aromatic rings. The Bertz CT molecular complexity index is 1260. The Morgan fingerprint density at radius 3 is 2.56 bits per heavy atom. The summed E-state index contributed by atoms with van der Waals surface area (Å²) in [4.78, 5) is 48.2. The highest BCUT2D eigenvalue weighted by atomic mass is 16.6. The Morgan fingerprint density at radius 2 is 1.88 bits per heavy atom. The molecule has 11 nitrogen and oxygen atoms in total. The number of carbonyl (C=O) groups excluding carboxylic acids is 2. The van der Waals surface area contributed by atoms with Crippen molar-refractivity contribution in [2.75, 3.05) is 20.8 Å². The maximum absolute atomic E-state index is 13.2. The average Bonchev–Trinajstić information content (AvgIpc) is 3.45. The molecule has 1 saturated heterocycles. The van der Waals surface area contributed by atoms with Crippen molar-refractivity contribution in [1.82, 2.24) is 20.2 Å². The Labute approximate surface area is 240 Å². The van der Waals surface area contributed by atoms with Gasteiger partial charge in [-0.2, -0.15) is 0 Å². The van der Waals surface area contributed by atoms with Crippen LogP contribution in [0.2, 0.25) is 0 Å². The summed E-state index contributed by atoms with van der Waals surface area (Å²) >= 11 is 0. The first-order valence-corrected chi connectivity index (χ1v) is 14.4. The molecule has 0 bridgehead atoms. The fraction of sp³-hybridized carbons (Fsp3) is 0.633. The van der Waals surface area contributed by atoms with Gasteiger partial charge in [0, 0.05) is 12.6 Å². The predicted molar refractivity (Wildman–Crippen MR) is 152 cm³/mol. The predicted octanol–water partition coefficient (Wildman–Crippen LogP) is 4.35. The van der Waals surface area contributed by atoms with E-state index >= 15 is 0 Å². The Kier molecular flexibility index (Phi) is 9.55. The van der Waals surface area contributed by atoms with Gasteiger partial charge in [0.1, 0.15) is 29.6 Å². The van der Waals surface area contributed by atoms with E-state index in [1.54, 1.807) is 14.2 Å². The number of fused-ring (bicyclic) bond motifs is 1. The third-order valence-corrected chi connectivity index (χ3v) is 7.90. The molecule has 2 heterocycles. The molecule has 1 aliphatic carbocycles. The smallest absolute Gasteiger partial charge is 0.408 e. The number of nitrogens with zero attached hydrogens (tertiary/aromatic N) is 3. The van der Waals surface area contributed by atoms with Gasteiger partial charge in [0.2, 0.25) is 11.8 Å². The van der Waals surface area contributed by atoms with Crippen molar-refractivity contribution in [2.45, 2.75) is 90.3 Å². The van der Waals surface area contributed by atoms with Gasteiger partial charge in [-0.25, -0.2) is 19.6 Å². The fourth-order valence-electron chi connectivity index (χ4n) is 5.44. The number of aryl methyl sites for hydroxylation is 1. The zero-order valence-electron chi connectivity index (χ0n) is 24.6. The quantitative estimate of drug-likeness (QED) is 0.356. The normalized spacial score (nSPS) is 20.9.